The third-order valence-corrected chi connectivity index (χ3v) is 6.22. The van der Waals surface area contributed by atoms with Gasteiger partial charge in [-0.15, -0.1) is 11.3 Å². The number of nitrogens with one attached hydrogen (secondary N) is 2. The van der Waals surface area contributed by atoms with Crippen molar-refractivity contribution >= 4 is 49.1 Å². The second kappa shape index (κ2) is 5.19. The van der Waals surface area contributed by atoms with Gasteiger partial charge in [0.1, 0.15) is 9.77 Å². The van der Waals surface area contributed by atoms with Crippen LogP contribution in [0.2, 0.25) is 0 Å². The van der Waals surface area contributed by atoms with E-state index in [0.717, 1.165) is 23.1 Å². The minimum Gasteiger partial charge on any atom is -0.477 e. The molecule has 0 spiro atoms. The van der Waals surface area contributed by atoms with Gasteiger partial charge in [-0.1, -0.05) is 0 Å². The fourth-order valence-electron chi connectivity index (χ4n) is 1.41. The maximum absolute atomic E-state index is 12.2. The Morgan fingerprint density at radius 1 is 1.50 bits per heavy atom. The van der Waals surface area contributed by atoms with Crippen molar-refractivity contribution in [3.8, 4) is 0 Å². The first-order chi connectivity index (χ1) is 9.22. The molecular formula is C10H10BrN3O4S2. The number of hydrogen-bond donors (Lipinski definition) is 3. The fourth-order valence-corrected chi connectivity index (χ4v) is 4.88. The lowest BCUT2D eigenvalue weighted by Gasteiger charge is -2.05. The van der Waals surface area contributed by atoms with Crippen molar-refractivity contribution in [3.05, 3.63) is 26.0 Å². The molecule has 0 unspecified atom stereocenters. The normalized spacial score (nSPS) is 11.6. The molecule has 20 heavy (non-hydrogen) atoms. The first-order valence-corrected chi connectivity index (χ1v) is 8.38. The zero-order chi connectivity index (χ0) is 15.1. The highest BCUT2D eigenvalue weighted by Gasteiger charge is 2.24. The third kappa shape index (κ3) is 2.72. The maximum Gasteiger partial charge on any atom is 0.345 e. The number of aromatic amines is 1. The molecule has 2 rings (SSSR count). The molecule has 108 valence electrons. The number of aromatic carboxylic acids is 1. The zero-order valence-electron chi connectivity index (χ0n) is 10.4. The summed E-state index contributed by atoms with van der Waals surface area (Å²) in [7, 11) is -3.90. The van der Waals surface area contributed by atoms with Gasteiger partial charge in [-0.05, 0) is 35.8 Å². The van der Waals surface area contributed by atoms with Gasteiger partial charge in [0.2, 0.25) is 0 Å². The summed E-state index contributed by atoms with van der Waals surface area (Å²) in [6.45, 7) is 3.49. The number of H-pyrrole nitrogens is 1. The van der Waals surface area contributed by atoms with Crippen LogP contribution in [0.4, 0.5) is 5.82 Å². The van der Waals surface area contributed by atoms with Crippen LogP contribution >= 0.6 is 27.3 Å². The molecule has 3 N–H and O–H groups in total. The monoisotopic (exact) mass is 379 g/mol. The lowest BCUT2D eigenvalue weighted by molar-refractivity contribution is 0.0702. The van der Waals surface area contributed by atoms with Crippen LogP contribution in [-0.4, -0.2) is 29.7 Å². The van der Waals surface area contributed by atoms with E-state index in [9.17, 15) is 13.2 Å². The van der Waals surface area contributed by atoms with Crippen molar-refractivity contribution in [1.82, 2.24) is 10.2 Å². The van der Waals surface area contributed by atoms with Gasteiger partial charge in [0.05, 0.1) is 3.79 Å². The highest BCUT2D eigenvalue weighted by molar-refractivity contribution is 9.11. The standard InChI is InChI=1S/C10H10BrN3O4S2/c1-4-5(2)12-13-9(4)14-20(17,18)7-3-6(10(15)16)19-8(7)11/h3H,1-2H3,(H,15,16)(H2,12,13,14). The van der Waals surface area contributed by atoms with Crippen molar-refractivity contribution in [2.45, 2.75) is 18.7 Å². The highest BCUT2D eigenvalue weighted by atomic mass is 79.9. The van der Waals surface area contributed by atoms with E-state index < -0.39 is 16.0 Å². The summed E-state index contributed by atoms with van der Waals surface area (Å²) >= 11 is 3.91. The van der Waals surface area contributed by atoms with Gasteiger partial charge in [0, 0.05) is 11.3 Å². The summed E-state index contributed by atoms with van der Waals surface area (Å²) in [5, 5.41) is 15.4. The van der Waals surface area contributed by atoms with Gasteiger partial charge in [0.15, 0.2) is 5.82 Å². The van der Waals surface area contributed by atoms with Crippen molar-refractivity contribution < 1.29 is 18.3 Å². The maximum atomic E-state index is 12.2. The molecule has 0 radical (unpaired) electrons. The molecule has 0 saturated heterocycles. The molecule has 10 heteroatoms. The summed E-state index contributed by atoms with van der Waals surface area (Å²) in [6, 6.07) is 1.11. The van der Waals surface area contributed by atoms with Crippen molar-refractivity contribution in [1.29, 1.82) is 0 Å². The summed E-state index contributed by atoms with van der Waals surface area (Å²) in [5.74, 6) is -0.985. The summed E-state index contributed by atoms with van der Waals surface area (Å²) < 4.78 is 27.0. The van der Waals surface area contributed by atoms with Gasteiger partial charge < -0.3 is 5.11 Å². The Morgan fingerprint density at radius 3 is 2.60 bits per heavy atom. The van der Waals surface area contributed by atoms with E-state index in [4.69, 9.17) is 5.11 Å². The van der Waals surface area contributed by atoms with Crippen LogP contribution in [0.5, 0.6) is 0 Å². The number of carboxylic acid groups (broad SMARTS) is 1. The predicted molar refractivity (Wildman–Crippen MR) is 77.8 cm³/mol. The van der Waals surface area contributed by atoms with Crippen molar-refractivity contribution in [3.63, 3.8) is 0 Å². The molecule has 0 saturated carbocycles. The molecule has 0 aliphatic carbocycles. The number of aryl methyl sites for hydroxylation is 1. The predicted octanol–water partition coefficient (Wildman–Crippen LogP) is 2.35. The average molecular weight is 380 g/mol. The Morgan fingerprint density at radius 2 is 2.15 bits per heavy atom. The Bertz CT molecular complexity index is 779. The number of thiophene rings is 1. The van der Waals surface area contributed by atoms with E-state index in [1.54, 1.807) is 13.8 Å². The molecule has 0 aliphatic heterocycles. The molecule has 0 bridgehead atoms. The Hall–Kier alpha value is -1.39. The van der Waals surface area contributed by atoms with Crippen LogP contribution in [-0.2, 0) is 10.0 Å². The molecule has 2 heterocycles. The average Bonchev–Trinajstić information content (AvgIpc) is 2.87. The number of aromatic nitrogens is 2. The quantitative estimate of drug-likeness (QED) is 0.754. The number of anilines is 1. The SMILES string of the molecule is Cc1[nH]nc(NS(=O)(=O)c2cc(C(=O)O)sc2Br)c1C. The Kier molecular flexibility index (Phi) is 3.89. The fraction of sp³-hybridized carbons (Fsp3) is 0.200. The second-order valence-electron chi connectivity index (χ2n) is 3.98. The van der Waals surface area contributed by atoms with Crippen LogP contribution in [0, 0.1) is 13.8 Å². The molecule has 7 nitrogen and oxygen atoms in total. The van der Waals surface area contributed by atoms with Gasteiger partial charge in [-0.25, -0.2) is 13.2 Å². The van der Waals surface area contributed by atoms with Gasteiger partial charge in [0.25, 0.3) is 10.0 Å². The lowest BCUT2D eigenvalue weighted by atomic mass is 10.3. The van der Waals surface area contributed by atoms with E-state index in [-0.39, 0.29) is 19.4 Å². The largest absolute Gasteiger partial charge is 0.477 e. The summed E-state index contributed by atoms with van der Waals surface area (Å²) in [4.78, 5) is 10.7. The van der Waals surface area contributed by atoms with Gasteiger partial charge in [-0.2, -0.15) is 5.10 Å². The smallest absolute Gasteiger partial charge is 0.345 e. The lowest BCUT2D eigenvalue weighted by Crippen LogP contribution is -2.13. The van der Waals surface area contributed by atoms with E-state index >= 15 is 0 Å². The van der Waals surface area contributed by atoms with E-state index in [1.165, 1.54) is 0 Å². The Labute approximate surface area is 127 Å². The molecule has 0 fully saturated rings. The number of carbonyl (C=O) groups is 1. The van der Waals surface area contributed by atoms with Gasteiger partial charge >= 0.3 is 5.97 Å². The highest BCUT2D eigenvalue weighted by Crippen LogP contribution is 2.33. The van der Waals surface area contributed by atoms with Crippen LogP contribution in [0.25, 0.3) is 0 Å². The Balaban J connectivity index is 2.41. The van der Waals surface area contributed by atoms with Crippen molar-refractivity contribution in [2.75, 3.05) is 4.72 Å². The number of rotatable bonds is 4. The minimum absolute atomic E-state index is 0.0628. The first kappa shape index (κ1) is 15.0. The number of nitrogens with zero attached hydrogens (tertiary/aromatic N) is 1. The minimum atomic E-state index is -3.90. The van der Waals surface area contributed by atoms with E-state index in [0.29, 0.717) is 5.56 Å². The first-order valence-electron chi connectivity index (χ1n) is 5.29. The molecule has 0 amide bonds. The molecule has 2 aromatic rings. The van der Waals surface area contributed by atoms with Crippen LogP contribution in [0.15, 0.2) is 14.7 Å². The molecule has 0 aliphatic rings. The molecule has 2 aromatic heterocycles. The second-order valence-corrected chi connectivity index (χ2v) is 8.00. The molecular weight excluding hydrogens is 370 g/mol. The van der Waals surface area contributed by atoms with Gasteiger partial charge in [-0.3, -0.25) is 9.82 Å². The van der Waals surface area contributed by atoms with Crippen LogP contribution in [0.1, 0.15) is 20.9 Å². The summed E-state index contributed by atoms with van der Waals surface area (Å²) in [5.41, 5.74) is 1.43. The van der Waals surface area contributed by atoms with E-state index in [1.807, 2.05) is 0 Å². The summed E-state index contributed by atoms with van der Waals surface area (Å²) in [6.07, 6.45) is 0. The van der Waals surface area contributed by atoms with Crippen LogP contribution < -0.4 is 4.72 Å². The number of halogens is 1. The van der Waals surface area contributed by atoms with Crippen LogP contribution in [0.3, 0.4) is 0 Å². The molecule has 0 atom stereocenters. The topological polar surface area (TPSA) is 112 Å². The zero-order valence-corrected chi connectivity index (χ0v) is 13.6. The number of sulfonamides is 1. The number of hydrogen-bond acceptors (Lipinski definition) is 5. The molecule has 0 aromatic carbocycles. The number of carboxylic acids is 1. The third-order valence-electron chi connectivity index (χ3n) is 2.64. The van der Waals surface area contributed by atoms with Crippen molar-refractivity contribution in [2.24, 2.45) is 0 Å². The van der Waals surface area contributed by atoms with E-state index in [2.05, 4.69) is 30.8 Å².